The Hall–Kier alpha value is -3.69. The molecule has 0 bridgehead atoms. The highest BCUT2D eigenvalue weighted by Gasteiger charge is 2.19. The first-order valence-corrected chi connectivity index (χ1v) is 10.3. The predicted octanol–water partition coefficient (Wildman–Crippen LogP) is 3.45. The number of phenols is 1. The maximum Gasteiger partial charge on any atom is 0.347 e. The molecule has 8 nitrogen and oxygen atoms in total. The number of aromatic nitrogens is 2. The second kappa shape index (κ2) is 6.15. The lowest BCUT2D eigenvalue weighted by atomic mass is 10.0. The van der Waals surface area contributed by atoms with Crippen molar-refractivity contribution in [1.29, 1.82) is 0 Å². The van der Waals surface area contributed by atoms with Crippen LogP contribution < -0.4 is 5.63 Å². The van der Waals surface area contributed by atoms with Gasteiger partial charge in [0.2, 0.25) is 0 Å². The fourth-order valence-corrected chi connectivity index (χ4v) is 4.29. The molecule has 5 rings (SSSR count). The molecule has 9 heteroatoms. The first-order valence-electron chi connectivity index (χ1n) is 8.87. The van der Waals surface area contributed by atoms with E-state index < -0.39 is 26.4 Å². The molecular formula is C21H14N2O6S. The first kappa shape index (κ1) is 18.3. The Morgan fingerprint density at radius 3 is 2.53 bits per heavy atom. The standard InChI is InChI=1S/C21H14N2O6S/c1-23-16-5-3-2-4-15(16)22-20(23)14-9-13-12-10-17(24)19(30(26,27)28)8-11(12)6-7-18(13)29-21(14)25/h2-10,24H,1H3,(H,26,27,28). The smallest absolute Gasteiger partial charge is 0.347 e. The first-order chi connectivity index (χ1) is 14.2. The molecule has 0 radical (unpaired) electrons. The lowest BCUT2D eigenvalue weighted by Crippen LogP contribution is -2.06. The summed E-state index contributed by atoms with van der Waals surface area (Å²) in [6, 6.07) is 14.5. The van der Waals surface area contributed by atoms with Crippen LogP contribution in [-0.4, -0.2) is 27.6 Å². The van der Waals surface area contributed by atoms with Gasteiger partial charge in [-0.3, -0.25) is 4.55 Å². The Morgan fingerprint density at radius 1 is 1.03 bits per heavy atom. The number of aryl methyl sites for hydroxylation is 1. The zero-order valence-electron chi connectivity index (χ0n) is 15.5. The van der Waals surface area contributed by atoms with Crippen molar-refractivity contribution < 1.29 is 22.5 Å². The van der Waals surface area contributed by atoms with Crippen LogP contribution in [-0.2, 0) is 17.2 Å². The molecule has 0 aliphatic carbocycles. The van der Waals surface area contributed by atoms with E-state index in [0.717, 1.165) is 11.0 Å². The lowest BCUT2D eigenvalue weighted by Gasteiger charge is -2.08. The van der Waals surface area contributed by atoms with E-state index in [1.54, 1.807) is 23.7 Å². The van der Waals surface area contributed by atoms with Gasteiger partial charge >= 0.3 is 5.63 Å². The number of hydrogen-bond acceptors (Lipinski definition) is 6. The summed E-state index contributed by atoms with van der Waals surface area (Å²) < 4.78 is 39.6. The molecule has 2 aromatic heterocycles. The van der Waals surface area contributed by atoms with Gasteiger partial charge in [0.1, 0.15) is 27.6 Å². The van der Waals surface area contributed by atoms with Crippen molar-refractivity contribution in [2.75, 3.05) is 0 Å². The van der Waals surface area contributed by atoms with Crippen LogP contribution in [0.2, 0.25) is 0 Å². The van der Waals surface area contributed by atoms with E-state index in [1.165, 1.54) is 18.2 Å². The van der Waals surface area contributed by atoms with E-state index >= 15 is 0 Å². The summed E-state index contributed by atoms with van der Waals surface area (Å²) in [5, 5.41) is 11.5. The summed E-state index contributed by atoms with van der Waals surface area (Å²) in [7, 11) is -2.80. The van der Waals surface area contributed by atoms with Gasteiger partial charge in [0.05, 0.1) is 11.0 Å². The van der Waals surface area contributed by atoms with Gasteiger partial charge in [0.15, 0.2) is 0 Å². The molecular weight excluding hydrogens is 408 g/mol. The van der Waals surface area contributed by atoms with Crippen molar-refractivity contribution in [3.05, 3.63) is 65.0 Å². The number of para-hydroxylation sites is 2. The maximum atomic E-state index is 12.7. The van der Waals surface area contributed by atoms with Gasteiger partial charge in [-0.25, -0.2) is 9.78 Å². The van der Waals surface area contributed by atoms with Crippen LogP contribution in [0.25, 0.3) is 44.2 Å². The van der Waals surface area contributed by atoms with E-state index in [-0.39, 0.29) is 11.1 Å². The Labute approximate surface area is 169 Å². The molecule has 0 atom stereocenters. The van der Waals surface area contributed by atoms with Gasteiger partial charge in [-0.15, -0.1) is 0 Å². The Morgan fingerprint density at radius 2 is 1.80 bits per heavy atom. The number of aromatic hydroxyl groups is 1. The van der Waals surface area contributed by atoms with Crippen molar-refractivity contribution >= 4 is 42.9 Å². The van der Waals surface area contributed by atoms with Crippen molar-refractivity contribution in [2.24, 2.45) is 7.05 Å². The number of imidazole rings is 1. The molecule has 3 aromatic carbocycles. The summed E-state index contributed by atoms with van der Waals surface area (Å²) in [6.45, 7) is 0. The van der Waals surface area contributed by atoms with E-state index in [4.69, 9.17) is 4.42 Å². The molecule has 0 spiro atoms. The summed E-state index contributed by atoms with van der Waals surface area (Å²) in [4.78, 5) is 16.6. The minimum Gasteiger partial charge on any atom is -0.506 e. The quantitative estimate of drug-likeness (QED) is 0.254. The fraction of sp³-hybridized carbons (Fsp3) is 0.0476. The zero-order chi connectivity index (χ0) is 21.2. The molecule has 0 fully saturated rings. The maximum absolute atomic E-state index is 12.7. The molecule has 150 valence electrons. The molecule has 0 saturated heterocycles. The lowest BCUT2D eigenvalue weighted by molar-refractivity contribution is 0.444. The number of fused-ring (bicyclic) bond motifs is 4. The molecule has 0 amide bonds. The third-order valence-electron chi connectivity index (χ3n) is 5.12. The average molecular weight is 422 g/mol. The van der Waals surface area contributed by atoms with Crippen molar-refractivity contribution in [1.82, 2.24) is 9.55 Å². The fourth-order valence-electron chi connectivity index (χ4n) is 3.69. The molecule has 5 aromatic rings. The molecule has 0 aliphatic heterocycles. The van der Waals surface area contributed by atoms with E-state index in [9.17, 15) is 22.9 Å². The summed E-state index contributed by atoms with van der Waals surface area (Å²) >= 11 is 0. The van der Waals surface area contributed by atoms with Crippen molar-refractivity contribution in [3.8, 4) is 17.1 Å². The second-order valence-corrected chi connectivity index (χ2v) is 8.31. The van der Waals surface area contributed by atoms with Gasteiger partial charge in [0, 0.05) is 12.4 Å². The minimum absolute atomic E-state index is 0.229. The zero-order valence-corrected chi connectivity index (χ0v) is 16.3. The Bertz CT molecular complexity index is 1660. The SMILES string of the molecule is Cn1c(-c2cc3c(ccc4cc(S(=O)(=O)O)c(O)cc43)oc2=O)nc2ccccc21. The van der Waals surface area contributed by atoms with Gasteiger partial charge in [-0.05, 0) is 47.2 Å². The van der Waals surface area contributed by atoms with Crippen LogP contribution in [0, 0.1) is 0 Å². The summed E-state index contributed by atoms with van der Waals surface area (Å²) in [5.41, 5.74) is 1.50. The largest absolute Gasteiger partial charge is 0.506 e. The van der Waals surface area contributed by atoms with Gasteiger partial charge in [-0.2, -0.15) is 8.42 Å². The summed E-state index contributed by atoms with van der Waals surface area (Å²) in [5.74, 6) is -0.185. The van der Waals surface area contributed by atoms with Crippen LogP contribution in [0.15, 0.2) is 68.7 Å². The third-order valence-corrected chi connectivity index (χ3v) is 6.00. The highest BCUT2D eigenvalue weighted by molar-refractivity contribution is 7.86. The molecule has 2 N–H and O–H groups in total. The third kappa shape index (κ3) is 2.67. The molecule has 30 heavy (non-hydrogen) atoms. The highest BCUT2D eigenvalue weighted by Crippen LogP contribution is 2.34. The van der Waals surface area contributed by atoms with Gasteiger partial charge in [0.25, 0.3) is 10.1 Å². The molecule has 0 saturated carbocycles. The number of hydrogen-bond donors (Lipinski definition) is 2. The number of benzene rings is 3. The van der Waals surface area contributed by atoms with Crippen molar-refractivity contribution in [2.45, 2.75) is 4.90 Å². The normalized spacial score (nSPS) is 12.2. The van der Waals surface area contributed by atoms with E-state index in [1.807, 2.05) is 24.3 Å². The second-order valence-electron chi connectivity index (χ2n) is 6.92. The van der Waals surface area contributed by atoms with Gasteiger partial charge < -0.3 is 14.1 Å². The predicted molar refractivity (Wildman–Crippen MR) is 111 cm³/mol. The monoisotopic (exact) mass is 422 g/mol. The minimum atomic E-state index is -4.59. The van der Waals surface area contributed by atoms with E-state index in [2.05, 4.69) is 4.98 Å². The van der Waals surface area contributed by atoms with Crippen LogP contribution >= 0.6 is 0 Å². The number of phenolic OH excluding ortho intramolecular Hbond substituents is 1. The van der Waals surface area contributed by atoms with Crippen LogP contribution in [0.5, 0.6) is 5.75 Å². The average Bonchev–Trinajstić information content (AvgIpc) is 3.03. The number of nitrogens with zero attached hydrogens (tertiary/aromatic N) is 2. The molecule has 2 heterocycles. The van der Waals surface area contributed by atoms with Crippen LogP contribution in [0.3, 0.4) is 0 Å². The molecule has 0 unspecified atom stereocenters. The summed E-state index contributed by atoms with van der Waals surface area (Å²) in [6.07, 6.45) is 0. The van der Waals surface area contributed by atoms with Crippen LogP contribution in [0.4, 0.5) is 0 Å². The van der Waals surface area contributed by atoms with Crippen LogP contribution in [0.1, 0.15) is 0 Å². The van der Waals surface area contributed by atoms with E-state index in [0.29, 0.717) is 22.0 Å². The van der Waals surface area contributed by atoms with Crippen molar-refractivity contribution in [3.63, 3.8) is 0 Å². The highest BCUT2D eigenvalue weighted by atomic mass is 32.2. The molecule has 0 aliphatic rings. The topological polar surface area (TPSA) is 123 Å². The Balaban J connectivity index is 1.85. The number of rotatable bonds is 2. The Kier molecular flexibility index (Phi) is 3.76. The van der Waals surface area contributed by atoms with Gasteiger partial charge in [-0.1, -0.05) is 18.2 Å².